The molecule has 1 aliphatic heterocycles. The van der Waals surface area contributed by atoms with Crippen LogP contribution in [0.4, 0.5) is 0 Å². The van der Waals surface area contributed by atoms with Crippen LogP contribution in [-0.4, -0.2) is 44.8 Å². The first-order valence-corrected chi connectivity index (χ1v) is 6.28. The molecular weight excluding hydrogens is 266 g/mol. The van der Waals surface area contributed by atoms with Crippen molar-refractivity contribution >= 4 is 11.9 Å². The summed E-state index contributed by atoms with van der Waals surface area (Å²) in [6.45, 7) is 0.315. The first-order valence-electron chi connectivity index (χ1n) is 6.28. The number of carboxylic acid groups (broad SMARTS) is 1. The van der Waals surface area contributed by atoms with Crippen molar-refractivity contribution in [3.63, 3.8) is 0 Å². The second-order valence-electron chi connectivity index (χ2n) is 4.75. The van der Waals surface area contributed by atoms with Gasteiger partial charge in [0.1, 0.15) is 6.54 Å². The fourth-order valence-electron chi connectivity index (χ4n) is 2.22. The van der Waals surface area contributed by atoms with Crippen molar-refractivity contribution in [3.05, 3.63) is 32.8 Å². The van der Waals surface area contributed by atoms with E-state index in [1.54, 1.807) is 0 Å². The van der Waals surface area contributed by atoms with Crippen LogP contribution in [0.2, 0.25) is 0 Å². The van der Waals surface area contributed by atoms with Gasteiger partial charge in [0.2, 0.25) is 5.91 Å². The quantitative estimate of drug-likeness (QED) is 0.727. The number of amides is 1. The van der Waals surface area contributed by atoms with Gasteiger partial charge in [0, 0.05) is 25.2 Å². The van der Waals surface area contributed by atoms with Crippen LogP contribution in [0.5, 0.6) is 0 Å². The average molecular weight is 281 g/mol. The summed E-state index contributed by atoms with van der Waals surface area (Å²) in [5, 5.41) is 11.2. The molecule has 0 aliphatic carbocycles. The van der Waals surface area contributed by atoms with Crippen molar-refractivity contribution in [1.82, 2.24) is 14.7 Å². The zero-order valence-corrected chi connectivity index (χ0v) is 10.7. The molecule has 0 saturated carbocycles. The summed E-state index contributed by atoms with van der Waals surface area (Å²) < 4.78 is 0.926. The van der Waals surface area contributed by atoms with Gasteiger partial charge >= 0.3 is 5.97 Å². The molecule has 8 nitrogen and oxygen atoms in total. The summed E-state index contributed by atoms with van der Waals surface area (Å²) >= 11 is 0. The van der Waals surface area contributed by atoms with E-state index in [1.165, 1.54) is 4.90 Å². The number of H-pyrrole nitrogens is 1. The Morgan fingerprint density at radius 3 is 2.80 bits per heavy atom. The van der Waals surface area contributed by atoms with E-state index in [0.717, 1.165) is 16.8 Å². The Morgan fingerprint density at radius 2 is 2.10 bits per heavy atom. The molecule has 2 rings (SSSR count). The van der Waals surface area contributed by atoms with Gasteiger partial charge in [-0.25, -0.2) is 4.68 Å². The smallest absolute Gasteiger partial charge is 0.308 e. The molecule has 1 amide bonds. The Labute approximate surface area is 113 Å². The molecule has 20 heavy (non-hydrogen) atoms. The number of carboxylic acids is 1. The van der Waals surface area contributed by atoms with Gasteiger partial charge in [-0.2, -0.15) is 0 Å². The monoisotopic (exact) mass is 281 g/mol. The average Bonchev–Trinajstić information content (AvgIpc) is 2.43. The molecule has 0 unspecified atom stereocenters. The number of rotatable bonds is 3. The maximum atomic E-state index is 12.1. The molecule has 1 aliphatic rings. The highest BCUT2D eigenvalue weighted by atomic mass is 16.4. The lowest BCUT2D eigenvalue weighted by Gasteiger charge is -2.30. The fraction of sp³-hybridized carbons (Fsp3) is 0.500. The van der Waals surface area contributed by atoms with E-state index in [4.69, 9.17) is 5.11 Å². The summed E-state index contributed by atoms with van der Waals surface area (Å²) in [7, 11) is 0. The van der Waals surface area contributed by atoms with Crippen molar-refractivity contribution in [2.75, 3.05) is 13.1 Å². The molecule has 0 spiro atoms. The maximum Gasteiger partial charge on any atom is 0.308 e. The molecule has 1 aromatic heterocycles. The Balaban J connectivity index is 2.08. The first-order chi connectivity index (χ1) is 9.47. The van der Waals surface area contributed by atoms with Gasteiger partial charge in [-0.1, -0.05) is 0 Å². The Bertz CT molecular complexity index is 632. The van der Waals surface area contributed by atoms with Crippen LogP contribution in [-0.2, 0) is 16.1 Å². The van der Waals surface area contributed by atoms with Gasteiger partial charge in [-0.3, -0.25) is 24.3 Å². The first kappa shape index (κ1) is 14.0. The van der Waals surface area contributed by atoms with E-state index in [2.05, 4.69) is 5.10 Å². The number of nitrogens with zero attached hydrogens (tertiary/aromatic N) is 2. The van der Waals surface area contributed by atoms with E-state index >= 15 is 0 Å². The molecule has 8 heteroatoms. The largest absolute Gasteiger partial charge is 0.481 e. The predicted molar refractivity (Wildman–Crippen MR) is 68.3 cm³/mol. The predicted octanol–water partition coefficient (Wildman–Crippen LogP) is -1.14. The Hall–Kier alpha value is -2.38. The molecule has 0 aromatic carbocycles. The zero-order valence-electron chi connectivity index (χ0n) is 10.7. The van der Waals surface area contributed by atoms with Crippen LogP contribution >= 0.6 is 0 Å². The van der Waals surface area contributed by atoms with Crippen molar-refractivity contribution < 1.29 is 14.7 Å². The van der Waals surface area contributed by atoms with Crippen molar-refractivity contribution in [1.29, 1.82) is 0 Å². The Morgan fingerprint density at radius 1 is 1.35 bits per heavy atom. The molecule has 2 N–H and O–H groups in total. The maximum absolute atomic E-state index is 12.1. The van der Waals surface area contributed by atoms with E-state index in [1.807, 2.05) is 0 Å². The van der Waals surface area contributed by atoms with Gasteiger partial charge in [-0.05, 0) is 12.8 Å². The molecule has 0 bridgehead atoms. The fourth-order valence-corrected chi connectivity index (χ4v) is 2.22. The number of nitrogens with one attached hydrogen (secondary N) is 1. The number of aromatic amines is 1. The van der Waals surface area contributed by atoms with Crippen molar-refractivity contribution in [2.45, 2.75) is 19.4 Å². The van der Waals surface area contributed by atoms with Gasteiger partial charge < -0.3 is 10.0 Å². The number of aromatic nitrogens is 2. The van der Waals surface area contributed by atoms with E-state index < -0.39 is 23.0 Å². The third-order valence-electron chi connectivity index (χ3n) is 3.31. The molecule has 1 saturated heterocycles. The minimum Gasteiger partial charge on any atom is -0.481 e. The number of carbonyl (C=O) groups is 2. The van der Waals surface area contributed by atoms with Crippen LogP contribution in [0, 0.1) is 5.92 Å². The number of hydrogen-bond donors (Lipinski definition) is 2. The highest BCUT2D eigenvalue weighted by molar-refractivity contribution is 5.77. The topological polar surface area (TPSA) is 112 Å². The molecule has 1 aromatic rings. The molecule has 2 heterocycles. The molecule has 0 radical (unpaired) electrons. The lowest BCUT2D eigenvalue weighted by atomic mass is 9.98. The molecule has 1 atom stereocenters. The molecule has 108 valence electrons. The van der Waals surface area contributed by atoms with Gasteiger partial charge in [0.25, 0.3) is 11.1 Å². The number of piperidine rings is 1. The number of aliphatic carboxylic acids is 1. The normalized spacial score (nSPS) is 18.8. The standard InChI is InChI=1S/C12H15N3O5/c16-9-3-4-10(17)15(13-9)7-11(18)14-5-1-2-8(6-14)12(19)20/h3-4,8H,1-2,5-7H2,(H,13,16)(H,19,20)/t8-/m1/s1. The summed E-state index contributed by atoms with van der Waals surface area (Å²) in [6, 6.07) is 2.17. The van der Waals surface area contributed by atoms with Gasteiger partial charge in [0.05, 0.1) is 5.92 Å². The summed E-state index contributed by atoms with van der Waals surface area (Å²) in [5.41, 5.74) is -0.954. The summed E-state index contributed by atoms with van der Waals surface area (Å²) in [5.74, 6) is -1.87. The van der Waals surface area contributed by atoms with E-state index in [-0.39, 0.29) is 19.0 Å². The summed E-state index contributed by atoms with van der Waals surface area (Å²) in [4.78, 5) is 47.0. The number of hydrogen-bond acceptors (Lipinski definition) is 4. The molecule has 1 fully saturated rings. The van der Waals surface area contributed by atoms with E-state index in [9.17, 15) is 19.2 Å². The second-order valence-corrected chi connectivity index (χ2v) is 4.75. The van der Waals surface area contributed by atoms with Gasteiger partial charge in [-0.15, -0.1) is 0 Å². The van der Waals surface area contributed by atoms with Crippen LogP contribution in [0.15, 0.2) is 21.7 Å². The lowest BCUT2D eigenvalue weighted by molar-refractivity contribution is -0.145. The van der Waals surface area contributed by atoms with Crippen LogP contribution in [0.1, 0.15) is 12.8 Å². The highest BCUT2D eigenvalue weighted by Gasteiger charge is 2.28. The zero-order chi connectivity index (χ0) is 14.7. The summed E-state index contributed by atoms with van der Waals surface area (Å²) in [6.07, 6.45) is 1.16. The van der Waals surface area contributed by atoms with Gasteiger partial charge in [0.15, 0.2) is 0 Å². The Kier molecular flexibility index (Phi) is 4.02. The van der Waals surface area contributed by atoms with Crippen LogP contribution in [0.25, 0.3) is 0 Å². The second kappa shape index (κ2) is 5.72. The lowest BCUT2D eigenvalue weighted by Crippen LogP contribution is -2.45. The van der Waals surface area contributed by atoms with Crippen LogP contribution in [0.3, 0.4) is 0 Å². The number of carbonyl (C=O) groups excluding carboxylic acids is 1. The van der Waals surface area contributed by atoms with Crippen molar-refractivity contribution in [2.24, 2.45) is 5.92 Å². The number of likely N-dealkylation sites (tertiary alicyclic amines) is 1. The SMILES string of the molecule is O=C(O)[C@@H]1CCCN(C(=O)Cn2[nH]c(=O)ccc2=O)C1. The highest BCUT2D eigenvalue weighted by Crippen LogP contribution is 2.16. The third-order valence-corrected chi connectivity index (χ3v) is 3.31. The van der Waals surface area contributed by atoms with E-state index in [0.29, 0.717) is 19.4 Å². The molecular formula is C12H15N3O5. The minimum atomic E-state index is -0.923. The third kappa shape index (κ3) is 3.14. The van der Waals surface area contributed by atoms with Crippen LogP contribution < -0.4 is 11.1 Å². The minimum absolute atomic E-state index is 0.139. The van der Waals surface area contributed by atoms with Crippen molar-refractivity contribution in [3.8, 4) is 0 Å².